The van der Waals surface area contributed by atoms with E-state index in [0.29, 0.717) is 0 Å². The van der Waals surface area contributed by atoms with E-state index >= 15 is 0 Å². The Bertz CT molecular complexity index is 288. The van der Waals surface area contributed by atoms with E-state index in [9.17, 15) is 4.79 Å². The first-order valence-corrected chi connectivity index (χ1v) is 8.72. The topological polar surface area (TPSA) is 56.7 Å². The van der Waals surface area contributed by atoms with Crippen LogP contribution in [0.3, 0.4) is 0 Å². The Hall–Kier alpha value is -0.180. The Morgan fingerprint density at radius 3 is 2.29 bits per heavy atom. The Kier molecular flexibility index (Phi) is 17.8. The number of nitrogens with one attached hydrogen (secondary N) is 2. The largest absolute Gasteiger partial charge is 0.356 e. The van der Waals surface area contributed by atoms with Crippen molar-refractivity contribution in [3.8, 4) is 0 Å². The molecule has 0 atom stereocenters. The van der Waals surface area contributed by atoms with Gasteiger partial charge in [-0.1, -0.05) is 13.3 Å². The van der Waals surface area contributed by atoms with Gasteiger partial charge in [-0.3, -0.25) is 4.79 Å². The molecule has 0 rings (SSSR count). The highest BCUT2D eigenvalue weighted by atomic mass is 127. The first kappa shape index (κ1) is 23.1. The number of thioether (sulfide) groups is 1. The van der Waals surface area contributed by atoms with E-state index in [-0.39, 0.29) is 36.4 Å². The van der Waals surface area contributed by atoms with Crippen molar-refractivity contribution < 1.29 is 4.79 Å². The minimum Gasteiger partial charge on any atom is -0.356 e. The number of carbonyl (C=O) groups excluding carboxylic acids is 1. The van der Waals surface area contributed by atoms with E-state index < -0.39 is 0 Å². The third-order valence-corrected chi connectivity index (χ3v) is 3.46. The normalized spacial score (nSPS) is 10.8. The zero-order valence-corrected chi connectivity index (χ0v) is 16.9. The van der Waals surface area contributed by atoms with Gasteiger partial charge >= 0.3 is 0 Å². The number of guanidine groups is 1. The molecule has 0 aromatic rings. The number of nitrogens with zero attached hydrogens (tertiary/aromatic N) is 2. The molecule has 0 spiro atoms. The minimum atomic E-state index is 0. The van der Waals surface area contributed by atoms with E-state index in [1.54, 1.807) is 19.0 Å². The Balaban J connectivity index is 0. The molecule has 0 aliphatic rings. The fourth-order valence-electron chi connectivity index (χ4n) is 1.42. The molecule has 0 bridgehead atoms. The van der Waals surface area contributed by atoms with Gasteiger partial charge in [0.2, 0.25) is 5.91 Å². The van der Waals surface area contributed by atoms with Gasteiger partial charge in [-0.15, -0.1) is 24.0 Å². The van der Waals surface area contributed by atoms with Gasteiger partial charge in [0.05, 0.1) is 0 Å². The van der Waals surface area contributed by atoms with Crippen LogP contribution >= 0.6 is 35.7 Å². The highest BCUT2D eigenvalue weighted by molar-refractivity contribution is 14.0. The molecule has 0 aliphatic carbocycles. The zero-order valence-electron chi connectivity index (χ0n) is 13.8. The lowest BCUT2D eigenvalue weighted by Gasteiger charge is -2.13. The highest BCUT2D eigenvalue weighted by Crippen LogP contribution is 1.97. The SMILES string of the molecule is CCCCNC(=NCC(=O)N(C)C)NCCCCSC.I. The average molecular weight is 430 g/mol. The molecule has 5 nitrogen and oxygen atoms in total. The van der Waals surface area contributed by atoms with Crippen molar-refractivity contribution in [2.75, 3.05) is 45.7 Å². The molecular formula is C14H31IN4OS. The summed E-state index contributed by atoms with van der Waals surface area (Å²) in [5.74, 6) is 1.96. The van der Waals surface area contributed by atoms with Gasteiger partial charge in [0, 0.05) is 27.2 Å². The number of likely N-dealkylation sites (N-methyl/N-ethyl adjacent to an activating group) is 1. The number of hydrogen-bond donors (Lipinski definition) is 2. The van der Waals surface area contributed by atoms with E-state index in [1.165, 1.54) is 12.2 Å². The second kappa shape index (κ2) is 16.2. The van der Waals surface area contributed by atoms with Crippen molar-refractivity contribution in [3.63, 3.8) is 0 Å². The lowest BCUT2D eigenvalue weighted by atomic mass is 10.3. The fraction of sp³-hybridized carbons (Fsp3) is 0.857. The van der Waals surface area contributed by atoms with Crippen molar-refractivity contribution in [1.82, 2.24) is 15.5 Å². The predicted molar refractivity (Wildman–Crippen MR) is 105 cm³/mol. The van der Waals surface area contributed by atoms with Crippen LogP contribution in [-0.2, 0) is 4.79 Å². The predicted octanol–water partition coefficient (Wildman–Crippen LogP) is 2.17. The van der Waals surface area contributed by atoms with Crippen LogP contribution in [0, 0.1) is 0 Å². The standard InChI is InChI=1S/C14H30N4OS.HI/c1-5-6-9-15-14(16-10-7-8-11-20-4)17-12-13(19)18(2)3;/h5-12H2,1-4H3,(H2,15,16,17);1H. The molecule has 126 valence electrons. The number of unbranched alkanes of at least 4 members (excludes halogenated alkanes) is 2. The summed E-state index contributed by atoms with van der Waals surface area (Å²) in [5.41, 5.74) is 0. The zero-order chi connectivity index (χ0) is 15.2. The first-order chi connectivity index (χ1) is 9.61. The van der Waals surface area contributed by atoms with Crippen molar-refractivity contribution in [3.05, 3.63) is 0 Å². The van der Waals surface area contributed by atoms with Gasteiger partial charge in [0.15, 0.2) is 5.96 Å². The maximum atomic E-state index is 11.6. The summed E-state index contributed by atoms with van der Waals surface area (Å²) in [5, 5.41) is 6.56. The van der Waals surface area contributed by atoms with Gasteiger partial charge in [0.1, 0.15) is 6.54 Å². The molecule has 0 unspecified atom stereocenters. The third-order valence-electron chi connectivity index (χ3n) is 2.76. The van der Waals surface area contributed by atoms with Crippen molar-refractivity contribution in [1.29, 1.82) is 0 Å². The van der Waals surface area contributed by atoms with E-state index in [2.05, 4.69) is 28.8 Å². The van der Waals surface area contributed by atoms with E-state index in [0.717, 1.165) is 38.3 Å². The van der Waals surface area contributed by atoms with Crippen LogP contribution in [0.1, 0.15) is 32.6 Å². The van der Waals surface area contributed by atoms with E-state index in [1.807, 2.05) is 11.8 Å². The summed E-state index contributed by atoms with van der Waals surface area (Å²) in [6.07, 6.45) is 6.70. The summed E-state index contributed by atoms with van der Waals surface area (Å²) < 4.78 is 0. The molecule has 2 N–H and O–H groups in total. The molecular weight excluding hydrogens is 399 g/mol. The van der Waals surface area contributed by atoms with Crippen molar-refractivity contribution in [2.24, 2.45) is 4.99 Å². The van der Waals surface area contributed by atoms with Gasteiger partial charge in [0.25, 0.3) is 0 Å². The second-order valence-electron chi connectivity index (χ2n) is 4.86. The van der Waals surface area contributed by atoms with Crippen molar-refractivity contribution >= 4 is 47.6 Å². The molecule has 7 heteroatoms. The quantitative estimate of drug-likeness (QED) is 0.242. The van der Waals surface area contributed by atoms with Gasteiger partial charge in [-0.05, 0) is 31.3 Å². The highest BCUT2D eigenvalue weighted by Gasteiger charge is 2.04. The lowest BCUT2D eigenvalue weighted by molar-refractivity contribution is -0.127. The summed E-state index contributed by atoms with van der Waals surface area (Å²) >= 11 is 1.87. The summed E-state index contributed by atoms with van der Waals surface area (Å²) in [6, 6.07) is 0. The number of rotatable bonds is 10. The molecule has 0 radical (unpaired) electrons. The summed E-state index contributed by atoms with van der Waals surface area (Å²) in [4.78, 5) is 17.4. The van der Waals surface area contributed by atoms with Crippen LogP contribution in [0.4, 0.5) is 0 Å². The molecule has 0 aromatic carbocycles. The van der Waals surface area contributed by atoms with Crippen LogP contribution < -0.4 is 10.6 Å². The molecule has 21 heavy (non-hydrogen) atoms. The lowest BCUT2D eigenvalue weighted by Crippen LogP contribution is -2.39. The third kappa shape index (κ3) is 14.5. The second-order valence-corrected chi connectivity index (χ2v) is 5.85. The van der Waals surface area contributed by atoms with Crippen LogP contribution in [0.15, 0.2) is 4.99 Å². The first-order valence-electron chi connectivity index (χ1n) is 7.33. The van der Waals surface area contributed by atoms with Crippen LogP contribution in [-0.4, -0.2) is 62.5 Å². The molecule has 0 fully saturated rings. The van der Waals surface area contributed by atoms with Gasteiger partial charge < -0.3 is 15.5 Å². The Morgan fingerprint density at radius 2 is 1.76 bits per heavy atom. The van der Waals surface area contributed by atoms with Crippen LogP contribution in [0.25, 0.3) is 0 Å². The maximum Gasteiger partial charge on any atom is 0.243 e. The van der Waals surface area contributed by atoms with Crippen LogP contribution in [0.5, 0.6) is 0 Å². The smallest absolute Gasteiger partial charge is 0.243 e. The Morgan fingerprint density at radius 1 is 1.14 bits per heavy atom. The van der Waals surface area contributed by atoms with Gasteiger partial charge in [-0.2, -0.15) is 11.8 Å². The molecule has 0 saturated carbocycles. The number of amides is 1. The fourth-order valence-corrected chi connectivity index (χ4v) is 1.92. The van der Waals surface area contributed by atoms with Gasteiger partial charge in [-0.25, -0.2) is 4.99 Å². The summed E-state index contributed by atoms with van der Waals surface area (Å²) in [7, 11) is 3.50. The number of halogens is 1. The summed E-state index contributed by atoms with van der Waals surface area (Å²) in [6.45, 7) is 4.14. The number of carbonyl (C=O) groups is 1. The monoisotopic (exact) mass is 430 g/mol. The minimum absolute atomic E-state index is 0. The molecule has 0 saturated heterocycles. The number of hydrogen-bond acceptors (Lipinski definition) is 3. The molecule has 0 aliphatic heterocycles. The van der Waals surface area contributed by atoms with Crippen LogP contribution in [0.2, 0.25) is 0 Å². The molecule has 0 aromatic heterocycles. The molecule has 1 amide bonds. The maximum absolute atomic E-state index is 11.6. The average Bonchev–Trinajstić information content (AvgIpc) is 2.43. The van der Waals surface area contributed by atoms with Crippen molar-refractivity contribution in [2.45, 2.75) is 32.6 Å². The molecule has 0 heterocycles. The van der Waals surface area contributed by atoms with E-state index in [4.69, 9.17) is 0 Å². The number of aliphatic imine (C=N–C) groups is 1. The Labute approximate surface area is 151 Å².